The Labute approximate surface area is 128 Å². The molecule has 0 aliphatic rings. The molecule has 0 saturated heterocycles. The molecular weight excluding hydrogens is 256 g/mol. The second kappa shape index (κ2) is 6.71. The minimum atomic E-state index is 0.177. The van der Waals surface area contributed by atoms with Crippen LogP contribution in [0.4, 0.5) is 0 Å². The molecule has 0 saturated carbocycles. The first-order valence-electron chi connectivity index (χ1n) is 7.62. The number of hydrogen-bond donors (Lipinski definition) is 0. The van der Waals surface area contributed by atoms with E-state index in [4.69, 9.17) is 0 Å². The summed E-state index contributed by atoms with van der Waals surface area (Å²) in [5.41, 5.74) is 4.10. The zero-order valence-electron chi connectivity index (χ0n) is 13.3. The van der Waals surface area contributed by atoms with Crippen molar-refractivity contribution in [3.05, 3.63) is 70.8 Å². The van der Waals surface area contributed by atoms with Crippen LogP contribution in [-0.2, 0) is 6.42 Å². The maximum Gasteiger partial charge on any atom is 0.167 e. The van der Waals surface area contributed by atoms with Crippen LogP contribution in [0.3, 0.4) is 0 Å². The predicted octanol–water partition coefficient (Wildman–Crippen LogP) is 5.16. The number of ketones is 1. The molecule has 21 heavy (non-hydrogen) atoms. The summed E-state index contributed by atoms with van der Waals surface area (Å²) in [5.74, 6) is 0.913. The van der Waals surface area contributed by atoms with E-state index in [0.717, 1.165) is 16.7 Å². The summed E-state index contributed by atoms with van der Waals surface area (Å²) < 4.78 is 0. The smallest absolute Gasteiger partial charge is 0.167 e. The van der Waals surface area contributed by atoms with Crippen LogP contribution in [0, 0.1) is 6.07 Å². The van der Waals surface area contributed by atoms with Crippen molar-refractivity contribution < 1.29 is 4.79 Å². The van der Waals surface area contributed by atoms with Gasteiger partial charge < -0.3 is 0 Å². The molecule has 0 aliphatic heterocycles. The number of Topliss-reactive ketones (excluding diaryl/α,β-unsaturated/α-hetero) is 1. The largest absolute Gasteiger partial charge is 0.294 e. The van der Waals surface area contributed by atoms with Crippen LogP contribution in [0.25, 0.3) is 0 Å². The van der Waals surface area contributed by atoms with Crippen LogP contribution in [0.5, 0.6) is 0 Å². The minimum Gasteiger partial charge on any atom is -0.294 e. The number of rotatable bonds is 5. The summed E-state index contributed by atoms with van der Waals surface area (Å²) in [5, 5.41) is 0. The third-order valence-electron chi connectivity index (χ3n) is 3.71. The van der Waals surface area contributed by atoms with Gasteiger partial charge in [-0.05, 0) is 34.6 Å². The monoisotopic (exact) mass is 279 g/mol. The zero-order valence-corrected chi connectivity index (χ0v) is 13.3. The van der Waals surface area contributed by atoms with E-state index in [1.54, 1.807) is 0 Å². The first kappa shape index (κ1) is 15.5. The highest BCUT2D eigenvalue weighted by molar-refractivity contribution is 5.99. The lowest BCUT2D eigenvalue weighted by Gasteiger charge is -2.15. The number of hydrogen-bond acceptors (Lipinski definition) is 1. The van der Waals surface area contributed by atoms with E-state index in [0.29, 0.717) is 18.3 Å². The maximum atomic E-state index is 12.6. The van der Waals surface area contributed by atoms with Gasteiger partial charge in [-0.2, -0.15) is 0 Å². The van der Waals surface area contributed by atoms with E-state index in [1.807, 2.05) is 42.5 Å². The average molecular weight is 279 g/mol. The van der Waals surface area contributed by atoms with Gasteiger partial charge >= 0.3 is 0 Å². The fraction of sp³-hybridized carbons (Fsp3) is 0.350. The van der Waals surface area contributed by atoms with Crippen LogP contribution in [0.1, 0.15) is 66.6 Å². The van der Waals surface area contributed by atoms with Crippen molar-refractivity contribution in [2.75, 3.05) is 0 Å². The molecule has 0 N–H and O–H groups in total. The third kappa shape index (κ3) is 3.81. The molecular formula is C20H23O. The summed E-state index contributed by atoms with van der Waals surface area (Å²) in [4.78, 5) is 12.6. The van der Waals surface area contributed by atoms with Crippen LogP contribution in [-0.4, -0.2) is 5.78 Å². The summed E-state index contributed by atoms with van der Waals surface area (Å²) in [6, 6.07) is 17.4. The Morgan fingerprint density at radius 1 is 0.952 bits per heavy atom. The molecule has 1 nitrogen and oxygen atoms in total. The molecule has 0 amide bonds. The summed E-state index contributed by atoms with van der Waals surface area (Å²) in [6.07, 6.45) is 0.454. The Hall–Kier alpha value is -1.89. The molecule has 0 aromatic heterocycles. The van der Waals surface area contributed by atoms with E-state index in [-0.39, 0.29) is 5.78 Å². The molecule has 2 rings (SSSR count). The number of carbonyl (C=O) groups is 1. The Kier molecular flexibility index (Phi) is 4.95. The van der Waals surface area contributed by atoms with Gasteiger partial charge in [0.1, 0.15) is 0 Å². The Bertz CT molecular complexity index is 609. The normalized spacial score (nSPS) is 11.1. The van der Waals surface area contributed by atoms with E-state index in [9.17, 15) is 4.79 Å². The standard InChI is InChI=1S/C20H23O/c1-14(2)17-10-11-18(19(13-17)15(3)4)20(21)12-16-8-6-5-7-9-16/h5-11,14-15H,12H2,1-4H3. The van der Waals surface area contributed by atoms with Gasteiger partial charge in [0.05, 0.1) is 0 Å². The fourth-order valence-corrected chi connectivity index (χ4v) is 2.44. The molecule has 0 heterocycles. The van der Waals surface area contributed by atoms with E-state index >= 15 is 0 Å². The fourth-order valence-electron chi connectivity index (χ4n) is 2.44. The van der Waals surface area contributed by atoms with Gasteiger partial charge in [0.25, 0.3) is 0 Å². The number of carbonyl (C=O) groups excluding carboxylic acids is 1. The van der Waals surface area contributed by atoms with Crippen molar-refractivity contribution in [2.45, 2.75) is 46.0 Å². The molecule has 0 bridgehead atoms. The van der Waals surface area contributed by atoms with Gasteiger partial charge in [0.15, 0.2) is 5.78 Å². The van der Waals surface area contributed by atoms with E-state index < -0.39 is 0 Å². The molecule has 0 atom stereocenters. The first-order chi connectivity index (χ1) is 9.99. The van der Waals surface area contributed by atoms with Gasteiger partial charge in [-0.25, -0.2) is 0 Å². The highest BCUT2D eigenvalue weighted by atomic mass is 16.1. The molecule has 2 aromatic rings. The summed E-state index contributed by atoms with van der Waals surface area (Å²) in [7, 11) is 0. The molecule has 1 heteroatoms. The molecule has 0 spiro atoms. The van der Waals surface area contributed by atoms with Gasteiger partial charge in [-0.3, -0.25) is 4.79 Å². The van der Waals surface area contributed by atoms with Gasteiger partial charge in [-0.15, -0.1) is 0 Å². The van der Waals surface area contributed by atoms with Crippen molar-refractivity contribution in [1.29, 1.82) is 0 Å². The van der Waals surface area contributed by atoms with Crippen molar-refractivity contribution in [3.63, 3.8) is 0 Å². The number of benzene rings is 2. The molecule has 0 fully saturated rings. The van der Waals surface area contributed by atoms with Gasteiger partial charge in [-0.1, -0.05) is 70.2 Å². The Morgan fingerprint density at radius 3 is 2.19 bits per heavy atom. The van der Waals surface area contributed by atoms with Crippen LogP contribution >= 0.6 is 0 Å². The molecule has 0 unspecified atom stereocenters. The Morgan fingerprint density at radius 2 is 1.62 bits per heavy atom. The highest BCUT2D eigenvalue weighted by Gasteiger charge is 2.16. The Balaban J connectivity index is 2.32. The quantitative estimate of drug-likeness (QED) is 0.691. The molecule has 0 aliphatic carbocycles. The minimum absolute atomic E-state index is 0.177. The van der Waals surface area contributed by atoms with Crippen molar-refractivity contribution in [3.8, 4) is 0 Å². The van der Waals surface area contributed by atoms with Gasteiger partial charge in [0.2, 0.25) is 0 Å². The average Bonchev–Trinajstić information content (AvgIpc) is 2.47. The summed E-state index contributed by atoms with van der Waals surface area (Å²) in [6.45, 7) is 8.55. The van der Waals surface area contributed by atoms with Gasteiger partial charge in [0, 0.05) is 12.0 Å². The molecule has 109 valence electrons. The topological polar surface area (TPSA) is 17.1 Å². The maximum absolute atomic E-state index is 12.6. The second-order valence-electron chi connectivity index (χ2n) is 6.14. The zero-order chi connectivity index (χ0) is 15.4. The van der Waals surface area contributed by atoms with Crippen LogP contribution < -0.4 is 0 Å². The second-order valence-corrected chi connectivity index (χ2v) is 6.14. The lowest BCUT2D eigenvalue weighted by atomic mass is 9.88. The highest BCUT2D eigenvalue weighted by Crippen LogP contribution is 2.25. The molecule has 2 aromatic carbocycles. The van der Waals surface area contributed by atoms with E-state index in [2.05, 4.69) is 33.8 Å². The molecule has 1 radical (unpaired) electrons. The van der Waals surface area contributed by atoms with E-state index in [1.165, 1.54) is 5.56 Å². The first-order valence-corrected chi connectivity index (χ1v) is 7.62. The lowest BCUT2D eigenvalue weighted by molar-refractivity contribution is 0.0991. The van der Waals surface area contributed by atoms with Crippen LogP contribution in [0.2, 0.25) is 0 Å². The predicted molar refractivity (Wildman–Crippen MR) is 87.9 cm³/mol. The lowest BCUT2D eigenvalue weighted by Crippen LogP contribution is -2.09. The van der Waals surface area contributed by atoms with Crippen molar-refractivity contribution >= 4 is 5.78 Å². The third-order valence-corrected chi connectivity index (χ3v) is 3.71. The van der Waals surface area contributed by atoms with Crippen LogP contribution in [0.15, 0.2) is 42.5 Å². The van der Waals surface area contributed by atoms with Crippen molar-refractivity contribution in [1.82, 2.24) is 0 Å². The van der Waals surface area contributed by atoms with Crippen molar-refractivity contribution in [2.24, 2.45) is 0 Å². The SMILES string of the molecule is CC(C)c1[c]c(C(C)C)c(C(=O)Cc2ccccc2)cc1. The summed E-state index contributed by atoms with van der Waals surface area (Å²) >= 11 is 0.